The van der Waals surface area contributed by atoms with Crippen molar-refractivity contribution in [2.75, 3.05) is 0 Å². The lowest BCUT2D eigenvalue weighted by molar-refractivity contribution is -0.142. The molecule has 0 bridgehead atoms. The second kappa shape index (κ2) is 3.82. The van der Waals surface area contributed by atoms with Crippen LogP contribution in [0.15, 0.2) is 30.3 Å². The lowest BCUT2D eigenvalue weighted by atomic mass is 9.89. The fraction of sp³-hybridized carbons (Fsp3) is 0.417. The average molecular weight is 190 g/mol. The van der Waals surface area contributed by atoms with E-state index in [9.17, 15) is 4.79 Å². The molecule has 1 fully saturated rings. The van der Waals surface area contributed by atoms with Crippen LogP contribution in [-0.2, 0) is 4.79 Å². The Hall–Kier alpha value is -1.31. The van der Waals surface area contributed by atoms with Crippen molar-refractivity contribution in [3.8, 4) is 0 Å². The lowest BCUT2D eigenvalue weighted by Crippen LogP contribution is -2.16. The molecule has 0 aromatic heterocycles. The number of hydrogen-bond donors (Lipinski definition) is 1. The van der Waals surface area contributed by atoms with E-state index in [-0.39, 0.29) is 11.8 Å². The number of carboxylic acids is 1. The number of rotatable bonds is 2. The molecule has 0 saturated heterocycles. The smallest absolute Gasteiger partial charge is 0.307 e. The molecule has 0 spiro atoms. The highest BCUT2D eigenvalue weighted by Crippen LogP contribution is 2.39. The maximum absolute atomic E-state index is 11.0. The summed E-state index contributed by atoms with van der Waals surface area (Å²) in [4.78, 5) is 11.0. The Labute approximate surface area is 83.6 Å². The van der Waals surface area contributed by atoms with Crippen LogP contribution in [0.5, 0.6) is 0 Å². The van der Waals surface area contributed by atoms with Crippen molar-refractivity contribution in [1.82, 2.24) is 0 Å². The molecule has 2 rings (SSSR count). The van der Waals surface area contributed by atoms with E-state index in [1.165, 1.54) is 5.56 Å². The largest absolute Gasteiger partial charge is 0.481 e. The molecule has 1 saturated carbocycles. The van der Waals surface area contributed by atoms with Crippen molar-refractivity contribution < 1.29 is 9.90 Å². The van der Waals surface area contributed by atoms with Crippen LogP contribution in [0.4, 0.5) is 0 Å². The molecule has 1 aliphatic carbocycles. The topological polar surface area (TPSA) is 37.3 Å². The molecular weight excluding hydrogens is 176 g/mol. The average Bonchev–Trinajstić information content (AvgIpc) is 2.67. The third-order valence-corrected chi connectivity index (χ3v) is 3.06. The van der Waals surface area contributed by atoms with Gasteiger partial charge in [0.05, 0.1) is 5.92 Å². The van der Waals surface area contributed by atoms with Gasteiger partial charge in [0.2, 0.25) is 0 Å². The molecule has 1 N–H and O–H groups in total. The molecular formula is C12H14O2. The third-order valence-electron chi connectivity index (χ3n) is 3.06. The van der Waals surface area contributed by atoms with Crippen LogP contribution < -0.4 is 0 Å². The van der Waals surface area contributed by atoms with E-state index in [2.05, 4.69) is 0 Å². The van der Waals surface area contributed by atoms with Gasteiger partial charge in [-0.05, 0) is 24.3 Å². The van der Waals surface area contributed by atoms with E-state index in [1.807, 2.05) is 30.3 Å². The van der Waals surface area contributed by atoms with Crippen molar-refractivity contribution in [2.45, 2.75) is 25.2 Å². The van der Waals surface area contributed by atoms with Crippen molar-refractivity contribution in [3.63, 3.8) is 0 Å². The molecule has 0 amide bonds. The van der Waals surface area contributed by atoms with Crippen molar-refractivity contribution in [2.24, 2.45) is 5.92 Å². The van der Waals surface area contributed by atoms with Gasteiger partial charge in [-0.25, -0.2) is 0 Å². The molecule has 0 radical (unpaired) electrons. The van der Waals surface area contributed by atoms with Gasteiger partial charge in [0.25, 0.3) is 0 Å². The number of benzene rings is 1. The Balaban J connectivity index is 2.22. The van der Waals surface area contributed by atoms with Gasteiger partial charge in [-0.15, -0.1) is 0 Å². The Kier molecular flexibility index (Phi) is 2.53. The SMILES string of the molecule is O=C(O)[C@@H]1CCC[C@H]1c1ccccc1. The van der Waals surface area contributed by atoms with E-state index in [1.54, 1.807) is 0 Å². The molecule has 0 aliphatic heterocycles. The summed E-state index contributed by atoms with van der Waals surface area (Å²) in [5.74, 6) is -0.581. The lowest BCUT2D eigenvalue weighted by Gasteiger charge is -2.15. The van der Waals surface area contributed by atoms with E-state index in [0.717, 1.165) is 19.3 Å². The van der Waals surface area contributed by atoms with Gasteiger partial charge in [0, 0.05) is 0 Å². The Morgan fingerprint density at radius 3 is 2.57 bits per heavy atom. The Bertz CT molecular complexity index is 318. The first-order valence-corrected chi connectivity index (χ1v) is 5.07. The molecule has 2 atom stereocenters. The first kappa shape index (κ1) is 9.25. The minimum atomic E-state index is -0.642. The molecule has 1 aromatic carbocycles. The van der Waals surface area contributed by atoms with Gasteiger partial charge in [-0.3, -0.25) is 4.79 Å². The quantitative estimate of drug-likeness (QED) is 0.778. The highest BCUT2D eigenvalue weighted by Gasteiger charge is 2.33. The highest BCUT2D eigenvalue weighted by atomic mass is 16.4. The predicted molar refractivity (Wildman–Crippen MR) is 54.2 cm³/mol. The highest BCUT2D eigenvalue weighted by molar-refractivity contribution is 5.71. The minimum absolute atomic E-state index is 0.169. The van der Waals surface area contributed by atoms with Crippen LogP contribution >= 0.6 is 0 Å². The van der Waals surface area contributed by atoms with Gasteiger partial charge in [-0.1, -0.05) is 36.8 Å². The zero-order chi connectivity index (χ0) is 9.97. The summed E-state index contributed by atoms with van der Waals surface area (Å²) in [6.45, 7) is 0. The number of hydrogen-bond acceptors (Lipinski definition) is 1. The maximum atomic E-state index is 11.0. The normalized spacial score (nSPS) is 26.3. The van der Waals surface area contributed by atoms with Gasteiger partial charge in [0.15, 0.2) is 0 Å². The molecule has 1 aromatic rings. The predicted octanol–water partition coefficient (Wildman–Crippen LogP) is 2.65. The first-order chi connectivity index (χ1) is 6.79. The molecule has 0 unspecified atom stereocenters. The maximum Gasteiger partial charge on any atom is 0.307 e. The second-order valence-electron chi connectivity index (χ2n) is 3.89. The van der Waals surface area contributed by atoms with Crippen LogP contribution in [0.1, 0.15) is 30.7 Å². The minimum Gasteiger partial charge on any atom is -0.481 e. The third kappa shape index (κ3) is 1.65. The molecule has 2 nitrogen and oxygen atoms in total. The zero-order valence-corrected chi connectivity index (χ0v) is 8.02. The number of carboxylic acid groups (broad SMARTS) is 1. The van der Waals surface area contributed by atoms with Crippen LogP contribution in [0, 0.1) is 5.92 Å². The van der Waals surface area contributed by atoms with E-state index in [0.29, 0.717) is 0 Å². The fourth-order valence-corrected chi connectivity index (χ4v) is 2.35. The van der Waals surface area contributed by atoms with Gasteiger partial charge in [0.1, 0.15) is 0 Å². The summed E-state index contributed by atoms with van der Waals surface area (Å²) < 4.78 is 0. The summed E-state index contributed by atoms with van der Waals surface area (Å²) >= 11 is 0. The number of carbonyl (C=O) groups is 1. The van der Waals surface area contributed by atoms with Gasteiger partial charge in [-0.2, -0.15) is 0 Å². The Morgan fingerprint density at radius 2 is 1.93 bits per heavy atom. The summed E-state index contributed by atoms with van der Waals surface area (Å²) in [5.41, 5.74) is 1.18. The van der Waals surface area contributed by atoms with Gasteiger partial charge < -0.3 is 5.11 Å². The van der Waals surface area contributed by atoms with E-state index >= 15 is 0 Å². The molecule has 74 valence electrons. The zero-order valence-electron chi connectivity index (χ0n) is 8.02. The second-order valence-corrected chi connectivity index (χ2v) is 3.89. The number of aliphatic carboxylic acids is 1. The standard InChI is InChI=1S/C12H14O2/c13-12(14)11-8-4-7-10(11)9-5-2-1-3-6-9/h1-3,5-6,10-11H,4,7-8H2,(H,13,14)/t10-,11+/m0/s1. The van der Waals surface area contributed by atoms with Crippen molar-refractivity contribution >= 4 is 5.97 Å². The van der Waals surface area contributed by atoms with Crippen LogP contribution in [0.25, 0.3) is 0 Å². The fourth-order valence-electron chi connectivity index (χ4n) is 2.35. The molecule has 0 heterocycles. The summed E-state index contributed by atoms with van der Waals surface area (Å²) in [7, 11) is 0. The first-order valence-electron chi connectivity index (χ1n) is 5.07. The van der Waals surface area contributed by atoms with Crippen LogP contribution in [0.2, 0.25) is 0 Å². The Morgan fingerprint density at radius 1 is 1.21 bits per heavy atom. The molecule has 1 aliphatic rings. The monoisotopic (exact) mass is 190 g/mol. The van der Waals surface area contributed by atoms with Crippen molar-refractivity contribution in [1.29, 1.82) is 0 Å². The molecule has 2 heteroatoms. The van der Waals surface area contributed by atoms with Gasteiger partial charge >= 0.3 is 5.97 Å². The summed E-state index contributed by atoms with van der Waals surface area (Å²) in [5, 5.41) is 9.04. The summed E-state index contributed by atoms with van der Waals surface area (Å²) in [6, 6.07) is 9.99. The van der Waals surface area contributed by atoms with E-state index < -0.39 is 5.97 Å². The van der Waals surface area contributed by atoms with Crippen molar-refractivity contribution in [3.05, 3.63) is 35.9 Å². The van der Waals surface area contributed by atoms with Crippen LogP contribution in [0.3, 0.4) is 0 Å². The summed E-state index contributed by atoms with van der Waals surface area (Å²) in [6.07, 6.45) is 2.88. The molecule has 14 heavy (non-hydrogen) atoms. The van der Waals surface area contributed by atoms with E-state index in [4.69, 9.17) is 5.11 Å². The van der Waals surface area contributed by atoms with Crippen LogP contribution in [-0.4, -0.2) is 11.1 Å².